The van der Waals surface area contributed by atoms with Gasteiger partial charge in [0.05, 0.1) is 18.7 Å². The number of aromatic nitrogens is 1. The summed E-state index contributed by atoms with van der Waals surface area (Å²) in [4.78, 5) is 31.3. The van der Waals surface area contributed by atoms with Crippen LogP contribution in [0, 0.1) is 0 Å². The Balaban J connectivity index is 1.34. The van der Waals surface area contributed by atoms with Crippen molar-refractivity contribution in [2.75, 3.05) is 39.4 Å². The number of nitrogens with one attached hydrogen (secondary N) is 3. The number of aromatic amines is 1. The molecule has 160 valence electrons. The van der Waals surface area contributed by atoms with E-state index in [0.29, 0.717) is 18.7 Å². The smallest absolute Gasteiger partial charge is 0.252 e. The lowest BCUT2D eigenvalue weighted by atomic mass is 9.93. The molecule has 2 amide bonds. The van der Waals surface area contributed by atoms with E-state index < -0.39 is 0 Å². The van der Waals surface area contributed by atoms with Crippen molar-refractivity contribution in [1.82, 2.24) is 20.5 Å². The molecule has 3 N–H and O–H groups in total. The summed E-state index contributed by atoms with van der Waals surface area (Å²) in [5, 5.41) is 8.20. The minimum Gasteiger partial charge on any atom is -0.379 e. The van der Waals surface area contributed by atoms with E-state index in [9.17, 15) is 9.59 Å². The second kappa shape index (κ2) is 7.35. The van der Waals surface area contributed by atoms with Crippen LogP contribution in [0.25, 0.3) is 21.8 Å². The molecule has 0 saturated carbocycles. The van der Waals surface area contributed by atoms with Gasteiger partial charge in [0.15, 0.2) is 0 Å². The third-order valence-corrected chi connectivity index (χ3v) is 6.96. The molecule has 1 saturated heterocycles. The largest absolute Gasteiger partial charge is 0.379 e. The Kier molecular flexibility index (Phi) is 4.47. The highest BCUT2D eigenvalue weighted by molar-refractivity contribution is 6.17. The van der Waals surface area contributed by atoms with Crippen LogP contribution in [0.3, 0.4) is 0 Å². The van der Waals surface area contributed by atoms with Gasteiger partial charge in [-0.25, -0.2) is 0 Å². The molecule has 0 bridgehead atoms. The van der Waals surface area contributed by atoms with Crippen LogP contribution in [0.1, 0.15) is 43.8 Å². The van der Waals surface area contributed by atoms with Crippen molar-refractivity contribution in [1.29, 1.82) is 0 Å². The summed E-state index contributed by atoms with van der Waals surface area (Å²) in [6.07, 6.45) is 3.04. The molecule has 0 radical (unpaired) electrons. The van der Waals surface area contributed by atoms with Gasteiger partial charge in [-0.3, -0.25) is 14.5 Å². The number of benzene rings is 2. The lowest BCUT2D eigenvalue weighted by molar-refractivity contribution is 0.0383. The number of ether oxygens (including phenoxy) is 1. The maximum absolute atomic E-state index is 12.8. The SMILES string of the molecule is O=C(NCCN1CCOCC1)c1ccc2[nH]c3c4c(c5c(c3c2c1)CNC5=O)CCC4. The molecular weight excluding hydrogens is 392 g/mol. The van der Waals surface area contributed by atoms with Crippen LogP contribution in [0.5, 0.6) is 0 Å². The molecule has 3 aliphatic rings. The van der Waals surface area contributed by atoms with E-state index in [4.69, 9.17) is 4.74 Å². The minimum absolute atomic E-state index is 0.0430. The predicted octanol–water partition coefficient (Wildman–Crippen LogP) is 2.12. The molecule has 0 atom stereocenters. The molecule has 7 nitrogen and oxygen atoms in total. The number of nitrogens with zero attached hydrogens (tertiary/aromatic N) is 1. The molecular formula is C24H26N4O3. The predicted molar refractivity (Wildman–Crippen MR) is 119 cm³/mol. The van der Waals surface area contributed by atoms with Crippen LogP contribution in [-0.4, -0.2) is 61.1 Å². The Morgan fingerprint density at radius 3 is 2.84 bits per heavy atom. The number of aryl methyl sites for hydroxylation is 1. The van der Waals surface area contributed by atoms with E-state index in [1.165, 1.54) is 11.1 Å². The molecule has 3 heterocycles. The molecule has 6 rings (SSSR count). The Morgan fingerprint density at radius 1 is 1.13 bits per heavy atom. The zero-order valence-corrected chi connectivity index (χ0v) is 17.5. The number of hydrogen-bond acceptors (Lipinski definition) is 4. The average molecular weight is 418 g/mol. The first-order chi connectivity index (χ1) is 15.2. The topological polar surface area (TPSA) is 86.5 Å². The first-order valence-electron chi connectivity index (χ1n) is 11.2. The normalized spacial score (nSPS) is 18.4. The molecule has 1 aliphatic carbocycles. The van der Waals surface area contributed by atoms with Crippen molar-refractivity contribution in [2.45, 2.75) is 25.8 Å². The number of amides is 2. The number of H-pyrrole nitrogens is 1. The number of carbonyl (C=O) groups is 2. The summed E-state index contributed by atoms with van der Waals surface area (Å²) < 4.78 is 5.37. The van der Waals surface area contributed by atoms with Crippen LogP contribution in [0.4, 0.5) is 0 Å². The van der Waals surface area contributed by atoms with E-state index in [-0.39, 0.29) is 11.8 Å². The summed E-state index contributed by atoms with van der Waals surface area (Å²) in [5.74, 6) is -0.0158. The van der Waals surface area contributed by atoms with Crippen LogP contribution in [0.15, 0.2) is 18.2 Å². The molecule has 1 aromatic heterocycles. The second-order valence-electron chi connectivity index (χ2n) is 8.69. The Bertz CT molecular complexity index is 1220. The Hall–Kier alpha value is -2.90. The van der Waals surface area contributed by atoms with Gasteiger partial charge < -0.3 is 20.4 Å². The maximum atomic E-state index is 12.8. The zero-order valence-electron chi connectivity index (χ0n) is 17.5. The summed E-state index contributed by atoms with van der Waals surface area (Å²) in [6.45, 7) is 5.36. The zero-order chi connectivity index (χ0) is 20.9. The lowest BCUT2D eigenvalue weighted by Crippen LogP contribution is -2.41. The summed E-state index contributed by atoms with van der Waals surface area (Å²) in [5.41, 5.74) is 7.26. The quantitative estimate of drug-likeness (QED) is 0.606. The number of morpholine rings is 1. The fourth-order valence-corrected chi connectivity index (χ4v) is 5.44. The van der Waals surface area contributed by atoms with Crippen molar-refractivity contribution >= 4 is 33.6 Å². The number of hydrogen-bond donors (Lipinski definition) is 3. The van der Waals surface area contributed by atoms with Crippen molar-refractivity contribution in [3.8, 4) is 0 Å². The van der Waals surface area contributed by atoms with Crippen LogP contribution < -0.4 is 10.6 Å². The van der Waals surface area contributed by atoms with Gasteiger partial charge in [0.25, 0.3) is 11.8 Å². The van der Waals surface area contributed by atoms with Gasteiger partial charge in [-0.2, -0.15) is 0 Å². The molecule has 0 unspecified atom stereocenters. The molecule has 7 heteroatoms. The van der Waals surface area contributed by atoms with E-state index in [1.807, 2.05) is 18.2 Å². The molecule has 3 aromatic rings. The van der Waals surface area contributed by atoms with Crippen LogP contribution >= 0.6 is 0 Å². The Labute approximate surface area is 180 Å². The van der Waals surface area contributed by atoms with Crippen molar-refractivity contribution in [3.05, 3.63) is 46.0 Å². The monoisotopic (exact) mass is 418 g/mol. The number of rotatable bonds is 4. The maximum Gasteiger partial charge on any atom is 0.252 e. The highest BCUT2D eigenvalue weighted by Gasteiger charge is 2.31. The van der Waals surface area contributed by atoms with E-state index in [0.717, 1.165) is 85.0 Å². The van der Waals surface area contributed by atoms with Crippen LogP contribution in [0.2, 0.25) is 0 Å². The molecule has 1 fully saturated rings. The lowest BCUT2D eigenvalue weighted by Gasteiger charge is -2.26. The summed E-state index contributed by atoms with van der Waals surface area (Å²) >= 11 is 0. The highest BCUT2D eigenvalue weighted by atomic mass is 16.5. The highest BCUT2D eigenvalue weighted by Crippen LogP contribution is 2.41. The molecule has 2 aromatic carbocycles. The fraction of sp³-hybridized carbons (Fsp3) is 0.417. The fourth-order valence-electron chi connectivity index (χ4n) is 5.44. The van der Waals surface area contributed by atoms with E-state index in [1.54, 1.807) is 0 Å². The third kappa shape index (κ3) is 3.03. The third-order valence-electron chi connectivity index (χ3n) is 6.96. The summed E-state index contributed by atoms with van der Waals surface area (Å²) in [7, 11) is 0. The van der Waals surface area contributed by atoms with Gasteiger partial charge in [-0.1, -0.05) is 0 Å². The van der Waals surface area contributed by atoms with Crippen molar-refractivity contribution in [3.63, 3.8) is 0 Å². The minimum atomic E-state index is -0.0588. The van der Waals surface area contributed by atoms with E-state index in [2.05, 4.69) is 20.5 Å². The standard InChI is InChI=1S/C24H26N4O3/c29-23(25-6-7-28-8-10-31-11-9-28)14-4-5-19-17(12-14)20-18-13-26-24(30)21(18)15-2-1-3-16(15)22(20)27-19/h4-5,12,27H,1-3,6-11,13H2,(H,25,29)(H,26,30). The van der Waals surface area contributed by atoms with Crippen LogP contribution in [-0.2, 0) is 24.1 Å². The first-order valence-corrected chi connectivity index (χ1v) is 11.2. The molecule has 31 heavy (non-hydrogen) atoms. The Morgan fingerprint density at radius 2 is 1.97 bits per heavy atom. The van der Waals surface area contributed by atoms with Gasteiger partial charge in [-0.05, 0) is 54.2 Å². The van der Waals surface area contributed by atoms with E-state index >= 15 is 0 Å². The summed E-state index contributed by atoms with van der Waals surface area (Å²) in [6, 6.07) is 5.85. The average Bonchev–Trinajstić information content (AvgIpc) is 3.50. The molecule has 2 aliphatic heterocycles. The number of carbonyl (C=O) groups excluding carboxylic acids is 2. The second-order valence-corrected chi connectivity index (χ2v) is 8.69. The van der Waals surface area contributed by atoms with Gasteiger partial charge >= 0.3 is 0 Å². The van der Waals surface area contributed by atoms with Crippen molar-refractivity contribution < 1.29 is 14.3 Å². The van der Waals surface area contributed by atoms with Crippen molar-refractivity contribution in [2.24, 2.45) is 0 Å². The first kappa shape index (κ1) is 18.8. The molecule has 0 spiro atoms. The number of fused-ring (bicyclic) bond motifs is 8. The van der Waals surface area contributed by atoms with Gasteiger partial charge in [0.1, 0.15) is 0 Å². The van der Waals surface area contributed by atoms with Gasteiger partial charge in [-0.15, -0.1) is 0 Å². The van der Waals surface area contributed by atoms with Gasteiger partial charge in [0.2, 0.25) is 0 Å². The van der Waals surface area contributed by atoms with Gasteiger partial charge in [0, 0.05) is 60.1 Å².